The highest BCUT2D eigenvalue weighted by Crippen LogP contribution is 2.41. The summed E-state index contributed by atoms with van der Waals surface area (Å²) in [7, 11) is 4.94. The van der Waals surface area contributed by atoms with Gasteiger partial charge in [0.15, 0.2) is 5.11 Å². The van der Waals surface area contributed by atoms with E-state index in [4.69, 9.17) is 21.7 Å². The van der Waals surface area contributed by atoms with Crippen molar-refractivity contribution in [1.29, 1.82) is 5.26 Å². The summed E-state index contributed by atoms with van der Waals surface area (Å²) < 4.78 is 47.4. The Morgan fingerprint density at radius 3 is 2.17 bits per heavy atom. The molecule has 35 heavy (non-hydrogen) atoms. The summed E-state index contributed by atoms with van der Waals surface area (Å²) in [5.41, 5.74) is -0.720. The van der Waals surface area contributed by atoms with E-state index in [1.54, 1.807) is 25.1 Å². The van der Waals surface area contributed by atoms with E-state index in [2.05, 4.69) is 0 Å². The highest BCUT2D eigenvalue weighted by molar-refractivity contribution is 7.96. The lowest BCUT2D eigenvalue weighted by Crippen LogP contribution is -2.60. The summed E-state index contributed by atoms with van der Waals surface area (Å²) >= 11 is 6.87. The summed E-state index contributed by atoms with van der Waals surface area (Å²) in [6, 6.07) is 12.3. The Kier molecular flexibility index (Phi) is 9.47. The molecule has 6 nitrogen and oxygen atoms in total. The molecule has 0 heterocycles. The van der Waals surface area contributed by atoms with E-state index in [-0.39, 0.29) is 24.3 Å². The predicted octanol–water partition coefficient (Wildman–Crippen LogP) is 5.68. The summed E-state index contributed by atoms with van der Waals surface area (Å²) in [4.78, 5) is 15.3. The van der Waals surface area contributed by atoms with Gasteiger partial charge in [-0.1, -0.05) is 0 Å². The number of rotatable bonds is 7. The Balaban J connectivity index is 0.00000432. The van der Waals surface area contributed by atoms with Crippen molar-refractivity contribution in [2.45, 2.75) is 31.0 Å². The van der Waals surface area contributed by atoms with Gasteiger partial charge in [0.2, 0.25) is 0 Å². The predicted molar refractivity (Wildman–Crippen MR) is 142 cm³/mol. The molecule has 0 aliphatic heterocycles. The number of thiocarbonyl (C=S) groups is 1. The number of hydrogen-bond acceptors (Lipinski definition) is 6. The summed E-state index contributed by atoms with van der Waals surface area (Å²) in [5, 5.41) is 9.26. The van der Waals surface area contributed by atoms with Gasteiger partial charge in [-0.05, 0) is 73.9 Å². The zero-order valence-corrected chi connectivity index (χ0v) is 21.9. The first-order chi connectivity index (χ1) is 16.1. The van der Waals surface area contributed by atoms with Gasteiger partial charge < -0.3 is 18.8 Å². The fraction of sp³-hybridized carbons (Fsp3) is 0.348. The van der Waals surface area contributed by atoms with Crippen molar-refractivity contribution < 1.29 is 22.1 Å². The van der Waals surface area contributed by atoms with E-state index in [1.807, 2.05) is 35.6 Å². The maximum atomic E-state index is 13.5. The number of anilines is 3. The average Bonchev–Trinajstić information content (AvgIpc) is 2.79. The van der Waals surface area contributed by atoms with Gasteiger partial charge in [0.1, 0.15) is 24.1 Å². The Morgan fingerprint density at radius 1 is 1.14 bits per heavy atom. The van der Waals surface area contributed by atoms with Crippen LogP contribution in [0.2, 0.25) is 0 Å². The molecule has 0 aromatic heterocycles. The quantitative estimate of drug-likeness (QED) is 0.192. The Labute approximate surface area is 219 Å². The van der Waals surface area contributed by atoms with E-state index >= 15 is 0 Å². The number of nitriles is 1. The first-order valence-corrected chi connectivity index (χ1v) is 11.4. The topological polar surface area (TPSA) is 59.8 Å². The van der Waals surface area contributed by atoms with Crippen molar-refractivity contribution in [3.05, 3.63) is 53.6 Å². The second kappa shape index (κ2) is 11.5. The number of halogens is 3. The standard InChI is InChI=1S/C23H23F3N4O2S2.H2S/c1-28(19-6-5-16(14-27)20(13-19)23(24,25)26)21(33)30(22(15-31)11-4-12-22)18-9-7-17(8-10-18)29(2)34-32-3;/h5-10,13,15H,4,11-12H2,1-3H3;1H2. The maximum absolute atomic E-state index is 13.5. The second-order valence-corrected chi connectivity index (χ2v) is 9.24. The van der Waals surface area contributed by atoms with Crippen molar-refractivity contribution in [2.24, 2.45) is 0 Å². The van der Waals surface area contributed by atoms with Gasteiger partial charge in [-0.3, -0.25) is 4.31 Å². The first-order valence-electron chi connectivity index (χ1n) is 10.3. The van der Waals surface area contributed by atoms with E-state index in [0.717, 1.165) is 42.8 Å². The summed E-state index contributed by atoms with van der Waals surface area (Å²) in [5.74, 6) is 0. The van der Waals surface area contributed by atoms with Crippen LogP contribution < -0.4 is 14.1 Å². The van der Waals surface area contributed by atoms with E-state index in [1.165, 1.54) is 11.0 Å². The number of alkyl halides is 3. The van der Waals surface area contributed by atoms with Crippen LogP contribution in [0.1, 0.15) is 30.4 Å². The molecule has 0 bridgehead atoms. The molecule has 0 saturated heterocycles. The molecule has 0 atom stereocenters. The lowest BCUT2D eigenvalue weighted by Gasteiger charge is -2.49. The molecule has 0 spiro atoms. The molecule has 1 aliphatic rings. The van der Waals surface area contributed by atoms with Gasteiger partial charge in [0.05, 0.1) is 24.3 Å². The van der Waals surface area contributed by atoms with Gasteiger partial charge in [0.25, 0.3) is 0 Å². The van der Waals surface area contributed by atoms with Crippen LogP contribution in [-0.4, -0.2) is 38.1 Å². The zero-order valence-electron chi connectivity index (χ0n) is 19.3. The fourth-order valence-electron chi connectivity index (χ4n) is 3.79. The molecule has 1 aliphatic carbocycles. The summed E-state index contributed by atoms with van der Waals surface area (Å²) in [6.45, 7) is 0. The first kappa shape index (κ1) is 28.8. The minimum absolute atomic E-state index is 0. The molecule has 1 saturated carbocycles. The molecule has 12 heteroatoms. The molecule has 1 fully saturated rings. The smallest absolute Gasteiger partial charge is 0.322 e. The summed E-state index contributed by atoms with van der Waals surface area (Å²) in [6.07, 6.45) is -1.84. The monoisotopic (exact) mass is 542 g/mol. The normalized spacial score (nSPS) is 14.1. The van der Waals surface area contributed by atoms with Crippen LogP contribution >= 0.6 is 37.9 Å². The van der Waals surface area contributed by atoms with Crippen molar-refractivity contribution in [3.63, 3.8) is 0 Å². The highest BCUT2D eigenvalue weighted by Gasteiger charge is 2.45. The fourth-order valence-corrected chi connectivity index (χ4v) is 4.62. The minimum Gasteiger partial charge on any atom is -0.322 e. The third-order valence-corrected chi connectivity index (χ3v) is 6.88. The maximum Gasteiger partial charge on any atom is 0.417 e. The van der Waals surface area contributed by atoms with Gasteiger partial charge in [-0.15, -0.1) is 0 Å². The Hall–Kier alpha value is -2.46. The Bertz CT molecular complexity index is 1100. The number of carbonyl (C=O) groups excluding carboxylic acids is 1. The third-order valence-electron chi connectivity index (χ3n) is 5.84. The van der Waals surface area contributed by atoms with Crippen molar-refractivity contribution in [1.82, 2.24) is 0 Å². The molecule has 0 unspecified atom stereocenters. The second-order valence-electron chi connectivity index (χ2n) is 7.85. The number of aldehydes is 1. The van der Waals surface area contributed by atoms with Gasteiger partial charge in [-0.2, -0.15) is 31.9 Å². The van der Waals surface area contributed by atoms with Crippen LogP contribution in [0.5, 0.6) is 0 Å². The van der Waals surface area contributed by atoms with Crippen LogP contribution in [0.15, 0.2) is 42.5 Å². The molecule has 188 valence electrons. The molecular weight excluding hydrogens is 517 g/mol. The number of benzene rings is 2. The van der Waals surface area contributed by atoms with Crippen LogP contribution in [0.3, 0.4) is 0 Å². The van der Waals surface area contributed by atoms with Crippen molar-refractivity contribution in [2.75, 3.05) is 35.3 Å². The molecule has 0 amide bonds. The average molecular weight is 543 g/mol. The van der Waals surface area contributed by atoms with Crippen LogP contribution in [0.4, 0.5) is 30.2 Å². The van der Waals surface area contributed by atoms with Gasteiger partial charge in [-0.25, -0.2) is 0 Å². The highest BCUT2D eigenvalue weighted by atomic mass is 32.2. The van der Waals surface area contributed by atoms with Crippen molar-refractivity contribution >= 4 is 66.4 Å². The third kappa shape index (κ3) is 5.86. The molecule has 0 N–H and O–H groups in total. The largest absolute Gasteiger partial charge is 0.417 e. The molecule has 2 aromatic carbocycles. The lowest BCUT2D eigenvalue weighted by molar-refractivity contribution is -0.137. The van der Waals surface area contributed by atoms with Crippen LogP contribution in [0.25, 0.3) is 0 Å². The molecule has 3 rings (SSSR count). The van der Waals surface area contributed by atoms with E-state index in [0.29, 0.717) is 18.5 Å². The van der Waals surface area contributed by atoms with Crippen LogP contribution in [-0.2, 0) is 15.2 Å². The zero-order chi connectivity index (χ0) is 25.1. The molecule has 2 aromatic rings. The number of nitrogens with zero attached hydrogens (tertiary/aromatic N) is 4. The minimum atomic E-state index is -4.69. The SMILES string of the molecule is COSN(C)c1ccc(N(C(=S)N(C)c2ccc(C#N)c(C(F)(F)F)c2)C2(C=O)CCC2)cc1.S. The Morgan fingerprint density at radius 2 is 1.71 bits per heavy atom. The van der Waals surface area contributed by atoms with Crippen molar-refractivity contribution in [3.8, 4) is 6.07 Å². The van der Waals surface area contributed by atoms with Gasteiger partial charge >= 0.3 is 6.18 Å². The molecule has 0 radical (unpaired) electrons. The number of carbonyl (C=O) groups is 1. The van der Waals surface area contributed by atoms with Gasteiger partial charge in [0, 0.05) is 31.2 Å². The van der Waals surface area contributed by atoms with E-state index < -0.39 is 22.8 Å². The van der Waals surface area contributed by atoms with Crippen LogP contribution in [0, 0.1) is 11.3 Å². The number of hydrogen-bond donors (Lipinski definition) is 0. The molecular formula is C23H25F3N4O2S3. The van der Waals surface area contributed by atoms with E-state index in [9.17, 15) is 18.0 Å². The lowest BCUT2D eigenvalue weighted by atomic mass is 9.76.